The molecular weight excluding hydrogens is 201 g/mol. The molecule has 0 aliphatic rings. The Bertz CT molecular complexity index is 65.0. The van der Waals surface area contributed by atoms with Gasteiger partial charge in [0.2, 0.25) is 0 Å². The summed E-state index contributed by atoms with van der Waals surface area (Å²) in [6.45, 7) is 0. The second kappa shape index (κ2) is 6.22. The van der Waals surface area contributed by atoms with Crippen molar-refractivity contribution >= 4 is 0 Å². The van der Waals surface area contributed by atoms with Crippen LogP contribution in [0, 0.1) is 11.3 Å². The molecule has 0 bridgehead atoms. The molecule has 0 radical (unpaired) electrons. The van der Waals surface area contributed by atoms with E-state index in [0.717, 1.165) is 12.8 Å². The van der Waals surface area contributed by atoms with E-state index in [2.05, 4.69) is 11.0 Å². The molecule has 0 aromatic carbocycles. The fraction of sp³-hybridized carbons (Fsp3) is 0.800. The molecule has 0 amide bonds. The average molecular weight is 210 g/mol. The maximum absolute atomic E-state index is 8.06. The van der Waals surface area contributed by atoms with E-state index in [1.54, 1.807) is 0 Å². The molecule has 0 spiro atoms. The summed E-state index contributed by atoms with van der Waals surface area (Å²) >= 11 is 0.444. The van der Waals surface area contributed by atoms with Crippen molar-refractivity contribution in [1.29, 1.82) is 5.26 Å². The SMILES string of the molecule is C[I-]CCCC#N. The summed E-state index contributed by atoms with van der Waals surface area (Å²) in [7, 11) is 0. The number of nitriles is 1. The van der Waals surface area contributed by atoms with Crippen molar-refractivity contribution in [3.8, 4) is 6.07 Å². The molecule has 0 aliphatic heterocycles. The van der Waals surface area contributed by atoms with Gasteiger partial charge in [0.15, 0.2) is 0 Å². The van der Waals surface area contributed by atoms with Gasteiger partial charge in [-0.25, -0.2) is 0 Å². The second-order valence-electron chi connectivity index (χ2n) is 1.22. The van der Waals surface area contributed by atoms with E-state index in [9.17, 15) is 0 Å². The van der Waals surface area contributed by atoms with Gasteiger partial charge in [0.1, 0.15) is 0 Å². The zero-order valence-electron chi connectivity index (χ0n) is 4.45. The molecule has 0 aromatic heterocycles. The quantitative estimate of drug-likeness (QED) is 0.300. The molecule has 0 aromatic rings. The Morgan fingerprint density at radius 2 is 2.43 bits per heavy atom. The van der Waals surface area contributed by atoms with Crippen LogP contribution < -0.4 is 21.2 Å². The van der Waals surface area contributed by atoms with E-state index in [-0.39, 0.29) is 0 Å². The molecule has 0 saturated carbocycles. The predicted molar refractivity (Wildman–Crippen MR) is 25.6 cm³/mol. The number of unbranched alkanes of at least 4 members (excludes halogenated alkanes) is 1. The second-order valence-corrected chi connectivity index (χ2v) is 3.82. The summed E-state index contributed by atoms with van der Waals surface area (Å²) in [5.41, 5.74) is 0. The molecule has 42 valence electrons. The zero-order valence-corrected chi connectivity index (χ0v) is 6.60. The molecule has 2 heteroatoms. The molecule has 7 heavy (non-hydrogen) atoms. The van der Waals surface area contributed by atoms with Gasteiger partial charge in [-0.3, -0.25) is 0 Å². The van der Waals surface area contributed by atoms with Gasteiger partial charge >= 0.3 is 54.7 Å². The molecule has 0 unspecified atom stereocenters. The number of nitrogens with zero attached hydrogens (tertiary/aromatic N) is 1. The third kappa shape index (κ3) is 6.22. The van der Waals surface area contributed by atoms with Gasteiger partial charge in [-0.1, -0.05) is 0 Å². The van der Waals surface area contributed by atoms with Crippen LogP contribution in [0.2, 0.25) is 0 Å². The van der Waals surface area contributed by atoms with E-state index in [0.29, 0.717) is 21.2 Å². The summed E-state index contributed by atoms with van der Waals surface area (Å²) in [5.74, 6) is 0. The van der Waals surface area contributed by atoms with Gasteiger partial charge < -0.3 is 0 Å². The minimum absolute atomic E-state index is 0.444. The van der Waals surface area contributed by atoms with E-state index >= 15 is 0 Å². The van der Waals surface area contributed by atoms with E-state index in [4.69, 9.17) is 5.26 Å². The maximum atomic E-state index is 8.06. The molecule has 1 nitrogen and oxygen atoms in total. The van der Waals surface area contributed by atoms with Crippen molar-refractivity contribution in [2.24, 2.45) is 0 Å². The predicted octanol–water partition coefficient (Wildman–Crippen LogP) is -1.99. The molecule has 0 heterocycles. The summed E-state index contributed by atoms with van der Waals surface area (Å²) in [4.78, 5) is 2.25. The number of halogens is 1. The van der Waals surface area contributed by atoms with Crippen LogP contribution in [-0.4, -0.2) is 9.36 Å². The first-order valence-electron chi connectivity index (χ1n) is 2.22. The number of alkyl halides is 2. The van der Waals surface area contributed by atoms with E-state index in [1.807, 2.05) is 0 Å². The third-order valence-corrected chi connectivity index (χ3v) is 2.45. The molecule has 0 saturated heterocycles. The number of hydrogen-bond donors (Lipinski definition) is 0. The Hall–Kier alpha value is 0.220. The van der Waals surface area contributed by atoms with Crippen molar-refractivity contribution < 1.29 is 21.2 Å². The van der Waals surface area contributed by atoms with E-state index < -0.39 is 0 Å². The van der Waals surface area contributed by atoms with Crippen LogP contribution in [0.1, 0.15) is 12.8 Å². The van der Waals surface area contributed by atoms with E-state index in [1.165, 1.54) is 4.43 Å². The van der Waals surface area contributed by atoms with Crippen molar-refractivity contribution in [3.63, 3.8) is 0 Å². The molecule has 0 atom stereocenters. The summed E-state index contributed by atoms with van der Waals surface area (Å²) in [6, 6.07) is 2.12. The first-order valence-corrected chi connectivity index (χ1v) is 5.91. The Morgan fingerprint density at radius 1 is 1.71 bits per heavy atom. The summed E-state index contributed by atoms with van der Waals surface area (Å²) in [5, 5.41) is 8.06. The van der Waals surface area contributed by atoms with Crippen LogP contribution in [0.4, 0.5) is 0 Å². The van der Waals surface area contributed by atoms with Crippen LogP contribution in [0.25, 0.3) is 0 Å². The Kier molecular flexibility index (Phi) is 6.42. The molecule has 0 rings (SSSR count). The molecule has 0 N–H and O–H groups in total. The van der Waals surface area contributed by atoms with Gasteiger partial charge in [0.05, 0.1) is 0 Å². The Balaban J connectivity index is 2.60. The molecule has 0 fully saturated rings. The van der Waals surface area contributed by atoms with Crippen LogP contribution in [0.5, 0.6) is 0 Å². The monoisotopic (exact) mass is 210 g/mol. The first-order chi connectivity index (χ1) is 3.41. The van der Waals surface area contributed by atoms with Crippen molar-refractivity contribution in [1.82, 2.24) is 0 Å². The minimum atomic E-state index is 0.444. The van der Waals surface area contributed by atoms with Gasteiger partial charge in [-0.2, -0.15) is 0 Å². The fourth-order valence-electron chi connectivity index (χ4n) is 0.280. The van der Waals surface area contributed by atoms with Gasteiger partial charge in [0.25, 0.3) is 0 Å². The van der Waals surface area contributed by atoms with Crippen molar-refractivity contribution in [2.45, 2.75) is 12.8 Å². The standard InChI is InChI=1S/C5H9IN/c1-6-4-2-3-5-7/h2-4H2,1H3/q-1. The normalized spacial score (nSPS) is 8.57. The van der Waals surface area contributed by atoms with Gasteiger partial charge in [-0.05, 0) is 0 Å². The summed E-state index contributed by atoms with van der Waals surface area (Å²) in [6.07, 6.45) is 1.88. The van der Waals surface area contributed by atoms with Gasteiger partial charge in [-0.15, -0.1) is 0 Å². The third-order valence-electron chi connectivity index (χ3n) is 0.611. The summed E-state index contributed by atoms with van der Waals surface area (Å²) < 4.78 is 1.31. The zero-order chi connectivity index (χ0) is 5.54. The van der Waals surface area contributed by atoms with Crippen molar-refractivity contribution in [2.75, 3.05) is 9.36 Å². The molecule has 0 aliphatic carbocycles. The number of hydrogen-bond acceptors (Lipinski definition) is 1. The van der Waals surface area contributed by atoms with Crippen LogP contribution in [-0.2, 0) is 0 Å². The Labute approximate surface area is 55.0 Å². The fourth-order valence-corrected chi connectivity index (χ4v) is 1.42. The van der Waals surface area contributed by atoms with Crippen LogP contribution >= 0.6 is 0 Å². The number of rotatable bonds is 3. The van der Waals surface area contributed by atoms with Crippen molar-refractivity contribution in [3.05, 3.63) is 0 Å². The topological polar surface area (TPSA) is 23.8 Å². The average Bonchev–Trinajstić information content (AvgIpc) is 1.69. The Morgan fingerprint density at radius 3 is 2.86 bits per heavy atom. The van der Waals surface area contributed by atoms with Crippen LogP contribution in [0.15, 0.2) is 0 Å². The van der Waals surface area contributed by atoms with Crippen LogP contribution in [0.3, 0.4) is 0 Å². The first kappa shape index (κ1) is 7.22. The molecular formula is C5H9IN-. The van der Waals surface area contributed by atoms with Gasteiger partial charge in [0, 0.05) is 0 Å².